The summed E-state index contributed by atoms with van der Waals surface area (Å²) in [5.74, 6) is 1.07. The quantitative estimate of drug-likeness (QED) is 0.227. The molecule has 0 spiro atoms. The van der Waals surface area contributed by atoms with Crippen LogP contribution in [0.1, 0.15) is 21.6 Å². The number of hydrogen-bond donors (Lipinski definition) is 0. The van der Waals surface area contributed by atoms with Crippen LogP contribution in [0.5, 0.6) is 11.5 Å². The van der Waals surface area contributed by atoms with Crippen molar-refractivity contribution in [2.75, 3.05) is 0 Å². The van der Waals surface area contributed by atoms with E-state index >= 15 is 0 Å². The van der Waals surface area contributed by atoms with Crippen molar-refractivity contribution in [1.29, 1.82) is 0 Å². The first kappa shape index (κ1) is 21.7. The molecule has 168 valence electrons. The third-order valence-electron chi connectivity index (χ3n) is 5.10. The molecule has 5 rings (SSSR count). The van der Waals surface area contributed by atoms with E-state index in [1.54, 1.807) is 6.08 Å². The van der Waals surface area contributed by atoms with Gasteiger partial charge in [0.2, 0.25) is 5.90 Å². The highest BCUT2D eigenvalue weighted by Gasteiger charge is 2.24. The SMILES string of the molecule is O=C1OC(c2cccs2)=N/C1=C/c1ccc(OCc2ccccc2)c(OCc2ccccc2)c1. The molecular weight excluding hydrogens is 446 g/mol. The van der Waals surface area contributed by atoms with Gasteiger partial charge in [0.05, 0.1) is 4.88 Å². The molecule has 2 heterocycles. The van der Waals surface area contributed by atoms with Crippen LogP contribution in [-0.4, -0.2) is 11.9 Å². The number of ether oxygens (including phenoxy) is 3. The van der Waals surface area contributed by atoms with Crippen LogP contribution in [0.15, 0.2) is 107 Å². The van der Waals surface area contributed by atoms with Crippen LogP contribution in [0.2, 0.25) is 0 Å². The standard InChI is InChI=1S/C28H21NO4S/c30-28-23(29-27(33-28)26-12-7-15-34-26)16-22-13-14-24(31-18-20-8-3-1-4-9-20)25(17-22)32-19-21-10-5-2-6-11-21/h1-17H,18-19H2/b23-16+. The number of carbonyl (C=O) groups is 1. The van der Waals surface area contributed by atoms with Crippen molar-refractivity contribution in [2.45, 2.75) is 13.2 Å². The molecule has 0 atom stereocenters. The minimum absolute atomic E-state index is 0.246. The summed E-state index contributed by atoms with van der Waals surface area (Å²) in [6.07, 6.45) is 1.69. The third kappa shape index (κ3) is 5.24. The van der Waals surface area contributed by atoms with Crippen LogP contribution in [0.25, 0.3) is 6.08 Å². The largest absolute Gasteiger partial charge is 0.485 e. The van der Waals surface area contributed by atoms with Crippen molar-refractivity contribution in [1.82, 2.24) is 0 Å². The Bertz CT molecular complexity index is 1330. The van der Waals surface area contributed by atoms with Gasteiger partial charge in [-0.05, 0) is 46.3 Å². The summed E-state index contributed by atoms with van der Waals surface area (Å²) < 4.78 is 17.5. The maximum Gasteiger partial charge on any atom is 0.363 e. The first-order valence-electron chi connectivity index (χ1n) is 10.8. The van der Waals surface area contributed by atoms with Gasteiger partial charge in [-0.3, -0.25) is 0 Å². The Labute approximate surface area is 201 Å². The van der Waals surface area contributed by atoms with E-state index in [-0.39, 0.29) is 5.70 Å². The molecule has 1 aromatic heterocycles. The first-order chi connectivity index (χ1) is 16.7. The zero-order chi connectivity index (χ0) is 23.2. The van der Waals surface area contributed by atoms with Gasteiger partial charge in [0.15, 0.2) is 17.2 Å². The molecule has 0 amide bonds. The van der Waals surface area contributed by atoms with Crippen LogP contribution < -0.4 is 9.47 Å². The molecule has 0 fully saturated rings. The predicted molar refractivity (Wildman–Crippen MR) is 133 cm³/mol. The monoisotopic (exact) mass is 467 g/mol. The molecule has 0 aliphatic carbocycles. The van der Waals surface area contributed by atoms with Crippen LogP contribution in [0.4, 0.5) is 0 Å². The van der Waals surface area contributed by atoms with Gasteiger partial charge in [-0.2, -0.15) is 0 Å². The van der Waals surface area contributed by atoms with E-state index in [2.05, 4.69) is 4.99 Å². The van der Waals surface area contributed by atoms with E-state index in [0.717, 1.165) is 21.6 Å². The Balaban J connectivity index is 1.40. The minimum atomic E-state index is -0.473. The predicted octanol–water partition coefficient (Wildman–Crippen LogP) is 6.25. The second-order valence-electron chi connectivity index (χ2n) is 7.57. The van der Waals surface area contributed by atoms with Crippen molar-refractivity contribution < 1.29 is 19.0 Å². The summed E-state index contributed by atoms with van der Waals surface area (Å²) >= 11 is 1.47. The van der Waals surface area contributed by atoms with Gasteiger partial charge < -0.3 is 14.2 Å². The molecule has 0 saturated heterocycles. The lowest BCUT2D eigenvalue weighted by Gasteiger charge is -2.14. The molecule has 34 heavy (non-hydrogen) atoms. The fourth-order valence-electron chi connectivity index (χ4n) is 3.39. The van der Waals surface area contributed by atoms with E-state index < -0.39 is 5.97 Å². The fourth-order valence-corrected chi connectivity index (χ4v) is 4.04. The molecule has 4 aromatic rings. The van der Waals surface area contributed by atoms with Crippen LogP contribution in [0, 0.1) is 0 Å². The van der Waals surface area contributed by atoms with Gasteiger partial charge in [0.25, 0.3) is 0 Å². The Kier molecular flexibility index (Phi) is 6.49. The molecule has 0 unspecified atom stereocenters. The highest BCUT2D eigenvalue weighted by atomic mass is 32.1. The molecule has 0 N–H and O–H groups in total. The normalized spacial score (nSPS) is 14.1. The number of esters is 1. The highest BCUT2D eigenvalue weighted by Crippen LogP contribution is 2.32. The smallest absolute Gasteiger partial charge is 0.363 e. The lowest BCUT2D eigenvalue weighted by molar-refractivity contribution is -0.129. The Morgan fingerprint density at radius 3 is 2.12 bits per heavy atom. The Morgan fingerprint density at radius 1 is 0.794 bits per heavy atom. The summed E-state index contributed by atoms with van der Waals surface area (Å²) in [6, 6.07) is 29.2. The molecule has 0 saturated carbocycles. The van der Waals surface area contributed by atoms with Crippen molar-refractivity contribution in [3.63, 3.8) is 0 Å². The van der Waals surface area contributed by atoms with Crippen LogP contribution in [-0.2, 0) is 22.7 Å². The molecule has 3 aromatic carbocycles. The number of benzene rings is 3. The summed E-state index contributed by atoms with van der Waals surface area (Å²) in [7, 11) is 0. The zero-order valence-electron chi connectivity index (χ0n) is 18.2. The lowest BCUT2D eigenvalue weighted by Crippen LogP contribution is -2.03. The molecule has 1 aliphatic rings. The molecule has 0 bridgehead atoms. The molecule has 6 heteroatoms. The van der Waals surface area contributed by atoms with Gasteiger partial charge in [0.1, 0.15) is 13.2 Å². The van der Waals surface area contributed by atoms with Crippen molar-refractivity contribution in [3.8, 4) is 11.5 Å². The molecule has 1 aliphatic heterocycles. The number of nitrogens with zero attached hydrogens (tertiary/aromatic N) is 1. The van der Waals surface area contributed by atoms with Crippen molar-refractivity contribution in [2.24, 2.45) is 4.99 Å². The summed E-state index contributed by atoms with van der Waals surface area (Å²) in [5, 5.41) is 1.91. The van der Waals surface area contributed by atoms with Gasteiger partial charge in [-0.25, -0.2) is 9.79 Å². The second-order valence-corrected chi connectivity index (χ2v) is 8.52. The molecule has 0 radical (unpaired) electrons. The number of rotatable bonds is 8. The Hall–Kier alpha value is -4.16. The average Bonchev–Trinajstić information content (AvgIpc) is 3.54. The van der Waals surface area contributed by atoms with Crippen molar-refractivity contribution >= 4 is 29.3 Å². The van der Waals surface area contributed by atoms with Gasteiger partial charge >= 0.3 is 5.97 Å². The van der Waals surface area contributed by atoms with E-state index in [0.29, 0.717) is 30.6 Å². The number of cyclic esters (lactones) is 1. The van der Waals surface area contributed by atoms with E-state index in [1.807, 2.05) is 96.4 Å². The molecular formula is C28H21NO4S. The number of thiophene rings is 1. The summed E-state index contributed by atoms with van der Waals surface area (Å²) in [5.41, 5.74) is 3.12. The average molecular weight is 468 g/mol. The summed E-state index contributed by atoms with van der Waals surface area (Å²) in [4.78, 5) is 17.5. The molecule has 5 nitrogen and oxygen atoms in total. The third-order valence-corrected chi connectivity index (χ3v) is 5.96. The van der Waals surface area contributed by atoms with Crippen LogP contribution >= 0.6 is 11.3 Å². The van der Waals surface area contributed by atoms with E-state index in [1.165, 1.54) is 11.3 Å². The van der Waals surface area contributed by atoms with Gasteiger partial charge in [0, 0.05) is 0 Å². The van der Waals surface area contributed by atoms with E-state index in [9.17, 15) is 4.79 Å². The van der Waals surface area contributed by atoms with Gasteiger partial charge in [-0.15, -0.1) is 11.3 Å². The maximum atomic E-state index is 12.3. The second kappa shape index (κ2) is 10.2. The van der Waals surface area contributed by atoms with Crippen LogP contribution in [0.3, 0.4) is 0 Å². The number of carbonyl (C=O) groups excluding carboxylic acids is 1. The number of hydrogen-bond acceptors (Lipinski definition) is 6. The van der Waals surface area contributed by atoms with Crippen molar-refractivity contribution in [3.05, 3.63) is 124 Å². The minimum Gasteiger partial charge on any atom is -0.485 e. The first-order valence-corrected chi connectivity index (χ1v) is 11.7. The van der Waals surface area contributed by atoms with E-state index in [4.69, 9.17) is 14.2 Å². The Morgan fingerprint density at radius 2 is 1.47 bits per heavy atom. The highest BCUT2D eigenvalue weighted by molar-refractivity contribution is 7.12. The maximum absolute atomic E-state index is 12.3. The summed E-state index contributed by atoms with van der Waals surface area (Å²) in [6.45, 7) is 0.815. The fraction of sp³-hybridized carbons (Fsp3) is 0.0714. The lowest BCUT2D eigenvalue weighted by atomic mass is 10.1. The zero-order valence-corrected chi connectivity index (χ0v) is 19.0. The number of aliphatic imine (C=N–C) groups is 1. The van der Waals surface area contributed by atoms with Gasteiger partial charge in [-0.1, -0.05) is 72.8 Å². The topological polar surface area (TPSA) is 57.1 Å².